The fraction of sp³-hybridized carbons (Fsp3) is 0.393. The van der Waals surface area contributed by atoms with Gasteiger partial charge in [0, 0.05) is 35.4 Å². The lowest BCUT2D eigenvalue weighted by molar-refractivity contribution is -0.114. The van der Waals surface area contributed by atoms with Crippen LogP contribution in [0.1, 0.15) is 51.5 Å². The smallest absolute Gasteiger partial charge is 0.221 e. The summed E-state index contributed by atoms with van der Waals surface area (Å²) in [6.07, 6.45) is 8.90. The summed E-state index contributed by atoms with van der Waals surface area (Å²) in [7, 11) is 1.66. The Morgan fingerprint density at radius 3 is 2.19 bits per heavy atom. The number of aryl methyl sites for hydroxylation is 1. The highest BCUT2D eigenvalue weighted by Crippen LogP contribution is 2.45. The summed E-state index contributed by atoms with van der Waals surface area (Å²) >= 11 is 2.80. The van der Waals surface area contributed by atoms with Crippen molar-refractivity contribution in [2.75, 3.05) is 23.9 Å². The lowest BCUT2D eigenvalue weighted by Crippen LogP contribution is -2.37. The fourth-order valence-corrected chi connectivity index (χ4v) is 6.96. The number of benzene rings is 2. The highest BCUT2D eigenvalue weighted by molar-refractivity contribution is 8.00. The molecule has 5 rings (SSSR count). The molecule has 4 aromatic rings. The summed E-state index contributed by atoms with van der Waals surface area (Å²) in [6.45, 7) is 6.48. The number of ether oxygens (including phenoxy) is 1. The standard InChI is InChI=1S/C28H34N10O2S2/c1-5-38(19-9-7-6-8-10-19)22-13-20(33-18(3)39)21(14-23(22)40-4)34-35-26-24(41-27-29-15-31-36-27)11-17(2)12-25(26)42-28-30-16-32-37-28/h11-16,19H,5-10H2,1-4H3,(H,33,39)(H,29,31,36)(H,30,32,37). The quantitative estimate of drug-likeness (QED) is 0.152. The first-order chi connectivity index (χ1) is 20.4. The van der Waals surface area contributed by atoms with Gasteiger partial charge in [0.15, 0.2) is 10.3 Å². The number of hydrogen-bond donors (Lipinski definition) is 3. The van der Waals surface area contributed by atoms with Gasteiger partial charge in [0.2, 0.25) is 5.91 Å². The highest BCUT2D eigenvalue weighted by Gasteiger charge is 2.24. The number of rotatable bonds is 11. The predicted octanol–water partition coefficient (Wildman–Crippen LogP) is 7.08. The van der Waals surface area contributed by atoms with Crippen LogP contribution >= 0.6 is 23.5 Å². The first-order valence-corrected chi connectivity index (χ1v) is 15.5. The first kappa shape index (κ1) is 29.6. The Labute approximate surface area is 252 Å². The maximum absolute atomic E-state index is 12.3. The van der Waals surface area contributed by atoms with E-state index in [1.807, 2.05) is 31.2 Å². The number of azo groups is 1. The second-order valence-electron chi connectivity index (χ2n) is 9.90. The number of carbonyl (C=O) groups is 1. The Hall–Kier alpha value is -3.91. The van der Waals surface area contributed by atoms with E-state index < -0.39 is 0 Å². The summed E-state index contributed by atoms with van der Waals surface area (Å²) in [5.74, 6) is 0.489. The van der Waals surface area contributed by atoms with Crippen LogP contribution in [-0.2, 0) is 4.79 Å². The Morgan fingerprint density at radius 1 is 1.02 bits per heavy atom. The lowest BCUT2D eigenvalue weighted by Gasteiger charge is -2.36. The zero-order valence-electron chi connectivity index (χ0n) is 24.0. The highest BCUT2D eigenvalue weighted by atomic mass is 32.2. The van der Waals surface area contributed by atoms with Crippen LogP contribution in [0.25, 0.3) is 0 Å². The van der Waals surface area contributed by atoms with Crippen LogP contribution in [0.2, 0.25) is 0 Å². The number of H-pyrrole nitrogens is 2. The van der Waals surface area contributed by atoms with E-state index in [1.54, 1.807) is 7.11 Å². The van der Waals surface area contributed by atoms with Gasteiger partial charge in [-0.05, 0) is 74.0 Å². The van der Waals surface area contributed by atoms with Gasteiger partial charge in [0.05, 0.1) is 18.5 Å². The molecule has 2 heterocycles. The molecule has 12 nitrogen and oxygen atoms in total. The van der Waals surface area contributed by atoms with Crippen LogP contribution in [0.4, 0.5) is 22.7 Å². The van der Waals surface area contributed by atoms with E-state index in [0.29, 0.717) is 39.2 Å². The molecule has 0 aliphatic heterocycles. The van der Waals surface area contributed by atoms with E-state index in [0.717, 1.165) is 40.4 Å². The number of aromatic nitrogens is 6. The summed E-state index contributed by atoms with van der Waals surface area (Å²) in [5, 5.41) is 27.4. The first-order valence-electron chi connectivity index (χ1n) is 13.8. The van der Waals surface area contributed by atoms with Crippen molar-refractivity contribution in [2.24, 2.45) is 10.2 Å². The SMILES string of the molecule is CCN(c1cc(NC(C)=O)c(N=Nc2c(Sc3ncn[nH]3)cc(C)cc2Sc2ncn[nH]2)cc1OC)C1CCCCC1. The molecule has 0 spiro atoms. The molecule has 1 amide bonds. The molecule has 0 atom stereocenters. The van der Waals surface area contributed by atoms with Gasteiger partial charge >= 0.3 is 0 Å². The number of nitrogens with one attached hydrogen (secondary N) is 3. The zero-order valence-corrected chi connectivity index (χ0v) is 25.7. The summed E-state index contributed by atoms with van der Waals surface area (Å²) in [4.78, 5) is 24.9. The summed E-state index contributed by atoms with van der Waals surface area (Å²) in [5.41, 5.74) is 3.64. The Bertz CT molecular complexity index is 1460. The molecular formula is C28H34N10O2S2. The van der Waals surface area contributed by atoms with Crippen molar-refractivity contribution in [1.29, 1.82) is 0 Å². The predicted molar refractivity (Wildman–Crippen MR) is 164 cm³/mol. The second kappa shape index (κ2) is 13.8. The van der Waals surface area contributed by atoms with Crippen LogP contribution < -0.4 is 15.0 Å². The lowest BCUT2D eigenvalue weighted by atomic mass is 9.93. The normalized spacial score (nSPS) is 13.9. The number of aromatic amines is 2. The monoisotopic (exact) mass is 606 g/mol. The van der Waals surface area contributed by atoms with E-state index in [-0.39, 0.29) is 5.91 Å². The van der Waals surface area contributed by atoms with E-state index >= 15 is 0 Å². The van der Waals surface area contributed by atoms with Gasteiger partial charge in [-0.1, -0.05) is 19.3 Å². The Balaban J connectivity index is 1.58. The molecular weight excluding hydrogens is 573 g/mol. The van der Waals surface area contributed by atoms with Gasteiger partial charge < -0.3 is 15.0 Å². The minimum atomic E-state index is -0.193. The molecule has 3 N–H and O–H groups in total. The largest absolute Gasteiger partial charge is 0.494 e. The molecule has 2 aromatic heterocycles. The summed E-state index contributed by atoms with van der Waals surface area (Å²) in [6, 6.07) is 8.27. The fourth-order valence-electron chi connectivity index (χ4n) is 5.10. The molecule has 0 unspecified atom stereocenters. The third-order valence-electron chi connectivity index (χ3n) is 6.91. The van der Waals surface area contributed by atoms with Crippen LogP contribution in [-0.4, -0.2) is 56.0 Å². The van der Waals surface area contributed by atoms with Crippen molar-refractivity contribution >= 4 is 52.2 Å². The number of methoxy groups -OCH3 is 1. The number of nitrogens with zero attached hydrogens (tertiary/aromatic N) is 7. The number of amides is 1. The van der Waals surface area contributed by atoms with Gasteiger partial charge in [-0.3, -0.25) is 15.0 Å². The van der Waals surface area contributed by atoms with Crippen molar-refractivity contribution in [3.8, 4) is 5.75 Å². The van der Waals surface area contributed by atoms with Crippen molar-refractivity contribution in [2.45, 2.75) is 79.0 Å². The van der Waals surface area contributed by atoms with Gasteiger partial charge in [-0.15, -0.1) is 10.2 Å². The molecule has 1 saturated carbocycles. The molecule has 14 heteroatoms. The van der Waals surface area contributed by atoms with Gasteiger partial charge in [0.25, 0.3) is 0 Å². The molecule has 220 valence electrons. The maximum Gasteiger partial charge on any atom is 0.221 e. The molecule has 1 fully saturated rings. The second-order valence-corrected chi connectivity index (χ2v) is 12.0. The van der Waals surface area contributed by atoms with Crippen molar-refractivity contribution in [1.82, 2.24) is 30.4 Å². The van der Waals surface area contributed by atoms with Crippen LogP contribution in [0.15, 0.2) is 67.3 Å². The maximum atomic E-state index is 12.3. The van der Waals surface area contributed by atoms with Crippen LogP contribution in [0.3, 0.4) is 0 Å². The molecule has 0 radical (unpaired) electrons. The van der Waals surface area contributed by atoms with E-state index in [4.69, 9.17) is 9.85 Å². The topological polar surface area (TPSA) is 149 Å². The average molecular weight is 607 g/mol. The third-order valence-corrected chi connectivity index (χ3v) is 8.76. The average Bonchev–Trinajstić information content (AvgIpc) is 3.69. The van der Waals surface area contributed by atoms with Crippen LogP contribution in [0.5, 0.6) is 5.75 Å². The zero-order chi connectivity index (χ0) is 29.5. The van der Waals surface area contributed by atoms with Gasteiger partial charge in [-0.25, -0.2) is 9.97 Å². The van der Waals surface area contributed by atoms with E-state index in [2.05, 4.69) is 52.6 Å². The molecule has 1 aliphatic carbocycles. The van der Waals surface area contributed by atoms with Crippen molar-refractivity contribution in [3.05, 3.63) is 42.5 Å². The molecule has 0 saturated heterocycles. The van der Waals surface area contributed by atoms with Crippen molar-refractivity contribution in [3.63, 3.8) is 0 Å². The van der Waals surface area contributed by atoms with Gasteiger partial charge in [-0.2, -0.15) is 10.2 Å². The Kier molecular flexibility index (Phi) is 9.74. The van der Waals surface area contributed by atoms with E-state index in [9.17, 15) is 4.79 Å². The summed E-state index contributed by atoms with van der Waals surface area (Å²) < 4.78 is 5.87. The Morgan fingerprint density at radius 2 is 1.67 bits per heavy atom. The minimum Gasteiger partial charge on any atom is -0.494 e. The number of carbonyl (C=O) groups excluding carboxylic acids is 1. The van der Waals surface area contributed by atoms with Gasteiger partial charge in [0.1, 0.15) is 29.8 Å². The molecule has 0 bridgehead atoms. The number of anilines is 2. The molecule has 42 heavy (non-hydrogen) atoms. The van der Waals surface area contributed by atoms with Crippen LogP contribution in [0, 0.1) is 6.92 Å². The minimum absolute atomic E-state index is 0.193. The number of hydrogen-bond acceptors (Lipinski definition) is 11. The van der Waals surface area contributed by atoms with E-state index in [1.165, 1.54) is 62.4 Å². The molecule has 2 aromatic carbocycles. The third kappa shape index (κ3) is 7.10. The van der Waals surface area contributed by atoms with Crippen molar-refractivity contribution < 1.29 is 9.53 Å². The molecule has 1 aliphatic rings.